The summed E-state index contributed by atoms with van der Waals surface area (Å²) in [4.78, 5) is 16.0. The van der Waals surface area contributed by atoms with Crippen LogP contribution in [-0.2, 0) is 24.4 Å². The van der Waals surface area contributed by atoms with E-state index in [-0.39, 0.29) is 28.1 Å². The van der Waals surface area contributed by atoms with Gasteiger partial charge in [-0.05, 0) is 35.5 Å². The molecule has 0 bridgehead atoms. The summed E-state index contributed by atoms with van der Waals surface area (Å²) >= 11 is 6.62. The van der Waals surface area contributed by atoms with Crippen molar-refractivity contribution in [3.63, 3.8) is 0 Å². The van der Waals surface area contributed by atoms with E-state index in [2.05, 4.69) is 15.2 Å². The van der Waals surface area contributed by atoms with Gasteiger partial charge in [0.15, 0.2) is 11.0 Å². The van der Waals surface area contributed by atoms with E-state index < -0.39 is 11.7 Å². The molecule has 0 amide bonds. The van der Waals surface area contributed by atoms with Crippen LogP contribution in [0.5, 0.6) is 0 Å². The number of rotatable bonds is 4. The number of thioether (sulfide) groups is 1. The maximum atomic E-state index is 13.2. The first-order chi connectivity index (χ1) is 12.8. The van der Waals surface area contributed by atoms with Crippen LogP contribution in [0.2, 0.25) is 5.02 Å². The smallest absolute Gasteiger partial charge is 0.305 e. The Morgan fingerprint density at radius 2 is 1.89 bits per heavy atom. The zero-order chi connectivity index (χ0) is 19.6. The van der Waals surface area contributed by atoms with Gasteiger partial charge in [-0.1, -0.05) is 23.7 Å². The van der Waals surface area contributed by atoms with Crippen molar-refractivity contribution in [3.05, 3.63) is 58.9 Å². The molecule has 0 unspecified atom stereocenters. The van der Waals surface area contributed by atoms with Gasteiger partial charge in [0.05, 0.1) is 5.56 Å². The zero-order valence-electron chi connectivity index (χ0n) is 13.9. The molecular weight excluding hydrogens is 401 g/mol. The normalized spacial score (nSPS) is 11.6. The predicted octanol–water partition coefficient (Wildman–Crippen LogP) is 4.41. The Balaban J connectivity index is 1.82. The van der Waals surface area contributed by atoms with E-state index >= 15 is 0 Å². The molecule has 3 rings (SSSR count). The third-order valence-corrected chi connectivity index (χ3v) is 4.83. The van der Waals surface area contributed by atoms with Gasteiger partial charge < -0.3 is 4.57 Å². The topological polar surface area (TPSA) is 60.7 Å². The molecule has 1 aromatic carbocycles. The Bertz CT molecular complexity index is 973. The van der Waals surface area contributed by atoms with Gasteiger partial charge >= 0.3 is 6.18 Å². The molecular formula is C17H12ClF3N4OS. The zero-order valence-corrected chi connectivity index (χ0v) is 15.4. The Morgan fingerprint density at radius 1 is 1.19 bits per heavy atom. The lowest BCUT2D eigenvalue weighted by atomic mass is 10.1. The molecule has 0 aliphatic rings. The van der Waals surface area contributed by atoms with Gasteiger partial charge in [-0.25, -0.2) is 0 Å². The summed E-state index contributed by atoms with van der Waals surface area (Å²) in [6, 6.07) is 7.69. The van der Waals surface area contributed by atoms with Crippen molar-refractivity contribution in [2.24, 2.45) is 7.05 Å². The van der Waals surface area contributed by atoms with E-state index in [4.69, 9.17) is 11.6 Å². The highest BCUT2D eigenvalue weighted by molar-refractivity contribution is 8.13. The lowest BCUT2D eigenvalue weighted by Gasteiger charge is -2.11. The van der Waals surface area contributed by atoms with Crippen LogP contribution in [0.15, 0.2) is 47.9 Å². The quantitative estimate of drug-likeness (QED) is 0.594. The molecule has 0 aliphatic carbocycles. The van der Waals surface area contributed by atoms with Gasteiger partial charge in [-0.2, -0.15) is 13.2 Å². The molecule has 5 nitrogen and oxygen atoms in total. The van der Waals surface area contributed by atoms with Crippen molar-refractivity contribution >= 4 is 28.5 Å². The number of alkyl halides is 3. The second-order valence-electron chi connectivity index (χ2n) is 5.56. The van der Waals surface area contributed by atoms with E-state index in [0.717, 1.165) is 35.8 Å². The number of aromatic nitrogens is 4. The monoisotopic (exact) mass is 412 g/mol. The van der Waals surface area contributed by atoms with Gasteiger partial charge in [-0.15, -0.1) is 10.2 Å². The molecule has 0 N–H and O–H groups in total. The number of carbonyl (C=O) groups is 1. The SMILES string of the molecule is Cn1c(SC(=O)Cc2ccc(Cl)cc2)nnc1-c1cnccc1C(F)(F)F. The minimum Gasteiger partial charge on any atom is -0.305 e. The summed E-state index contributed by atoms with van der Waals surface area (Å²) in [5.41, 5.74) is -0.292. The molecule has 2 aromatic heterocycles. The number of hydrogen-bond donors (Lipinski definition) is 0. The molecule has 2 heterocycles. The van der Waals surface area contributed by atoms with E-state index in [9.17, 15) is 18.0 Å². The first kappa shape index (κ1) is 19.4. The van der Waals surface area contributed by atoms with Gasteiger partial charge in [0.1, 0.15) is 0 Å². The number of carbonyl (C=O) groups excluding carboxylic acids is 1. The van der Waals surface area contributed by atoms with Crippen molar-refractivity contribution in [2.45, 2.75) is 17.8 Å². The fourth-order valence-corrected chi connectivity index (χ4v) is 3.24. The number of benzene rings is 1. The summed E-state index contributed by atoms with van der Waals surface area (Å²) in [7, 11) is 1.50. The second-order valence-corrected chi connectivity index (χ2v) is 7.02. The van der Waals surface area contributed by atoms with Crippen molar-refractivity contribution < 1.29 is 18.0 Å². The molecule has 140 valence electrons. The average Bonchev–Trinajstić information content (AvgIpc) is 2.97. The van der Waals surface area contributed by atoms with Gasteiger partial charge in [-0.3, -0.25) is 9.78 Å². The van der Waals surface area contributed by atoms with Crippen LogP contribution in [-0.4, -0.2) is 24.9 Å². The Morgan fingerprint density at radius 3 is 2.56 bits per heavy atom. The summed E-state index contributed by atoms with van der Waals surface area (Å²) < 4.78 is 40.9. The molecule has 0 spiro atoms. The molecule has 0 atom stereocenters. The number of halogens is 4. The molecule has 0 radical (unpaired) electrons. The van der Waals surface area contributed by atoms with Crippen LogP contribution in [0.1, 0.15) is 11.1 Å². The molecule has 0 saturated carbocycles. The fourth-order valence-electron chi connectivity index (χ4n) is 2.36. The average molecular weight is 413 g/mol. The van der Waals surface area contributed by atoms with Crippen LogP contribution in [0.4, 0.5) is 13.2 Å². The Labute approximate surface area is 161 Å². The van der Waals surface area contributed by atoms with Crippen LogP contribution in [0.25, 0.3) is 11.4 Å². The number of pyridine rings is 1. The molecule has 0 aliphatic heterocycles. The standard InChI is InChI=1S/C17H12ClF3N4OS/c1-25-15(12-9-22-7-6-13(12)17(19,20)21)23-24-16(25)27-14(26)8-10-2-4-11(18)5-3-10/h2-7,9H,8H2,1H3. The van der Waals surface area contributed by atoms with Crippen LogP contribution in [0.3, 0.4) is 0 Å². The van der Waals surface area contributed by atoms with Crippen molar-refractivity contribution in [2.75, 3.05) is 0 Å². The summed E-state index contributed by atoms with van der Waals surface area (Å²) in [5, 5.41) is 8.20. The van der Waals surface area contributed by atoms with Crippen LogP contribution >= 0.6 is 23.4 Å². The van der Waals surface area contributed by atoms with Crippen LogP contribution < -0.4 is 0 Å². The molecule has 27 heavy (non-hydrogen) atoms. The van der Waals surface area contributed by atoms with Gasteiger partial charge in [0.2, 0.25) is 5.12 Å². The molecule has 10 heteroatoms. The summed E-state index contributed by atoms with van der Waals surface area (Å²) in [5.74, 6) is -0.0165. The maximum absolute atomic E-state index is 13.2. The fraction of sp³-hybridized carbons (Fsp3) is 0.176. The summed E-state index contributed by atoms with van der Waals surface area (Å²) in [6.07, 6.45) is -2.28. The van der Waals surface area contributed by atoms with E-state index in [0.29, 0.717) is 5.02 Å². The first-order valence-corrected chi connectivity index (χ1v) is 8.81. The van der Waals surface area contributed by atoms with Crippen molar-refractivity contribution in [3.8, 4) is 11.4 Å². The van der Waals surface area contributed by atoms with E-state index in [1.807, 2.05) is 0 Å². The molecule has 3 aromatic rings. The maximum Gasteiger partial charge on any atom is 0.417 e. The molecule has 0 fully saturated rings. The summed E-state index contributed by atoms with van der Waals surface area (Å²) in [6.45, 7) is 0. The largest absolute Gasteiger partial charge is 0.417 e. The highest BCUT2D eigenvalue weighted by atomic mass is 35.5. The lowest BCUT2D eigenvalue weighted by Crippen LogP contribution is -2.09. The highest BCUT2D eigenvalue weighted by Gasteiger charge is 2.35. The van der Waals surface area contributed by atoms with E-state index in [1.165, 1.54) is 11.6 Å². The third kappa shape index (κ3) is 4.48. The second kappa shape index (κ2) is 7.69. The number of hydrogen-bond acceptors (Lipinski definition) is 5. The number of nitrogens with zero attached hydrogens (tertiary/aromatic N) is 4. The Hall–Kier alpha value is -2.39. The van der Waals surface area contributed by atoms with E-state index in [1.54, 1.807) is 24.3 Å². The third-order valence-electron chi connectivity index (χ3n) is 3.67. The Kier molecular flexibility index (Phi) is 5.52. The van der Waals surface area contributed by atoms with Gasteiger partial charge in [0, 0.05) is 36.4 Å². The highest BCUT2D eigenvalue weighted by Crippen LogP contribution is 2.36. The lowest BCUT2D eigenvalue weighted by molar-refractivity contribution is -0.137. The predicted molar refractivity (Wildman–Crippen MR) is 95.3 cm³/mol. The minimum atomic E-state index is -4.55. The minimum absolute atomic E-state index is 0.0165. The van der Waals surface area contributed by atoms with Gasteiger partial charge in [0.25, 0.3) is 0 Å². The van der Waals surface area contributed by atoms with Crippen molar-refractivity contribution in [1.29, 1.82) is 0 Å². The van der Waals surface area contributed by atoms with Crippen LogP contribution in [0, 0.1) is 0 Å². The molecule has 0 saturated heterocycles. The van der Waals surface area contributed by atoms with Crippen molar-refractivity contribution in [1.82, 2.24) is 19.7 Å². The first-order valence-electron chi connectivity index (χ1n) is 7.62.